The summed E-state index contributed by atoms with van der Waals surface area (Å²) >= 11 is 19.6. The third-order valence-corrected chi connectivity index (χ3v) is 14.2. The van der Waals surface area contributed by atoms with Gasteiger partial charge >= 0.3 is 21.2 Å². The monoisotopic (exact) mass is 1100 g/mol. The summed E-state index contributed by atoms with van der Waals surface area (Å²) in [5.74, 6) is 2.00. The van der Waals surface area contributed by atoms with Crippen molar-refractivity contribution in [1.82, 2.24) is 23.7 Å². The molecule has 0 aliphatic carbocycles. The van der Waals surface area contributed by atoms with Gasteiger partial charge in [0.25, 0.3) is 0 Å². The standard InChI is InChI=1S/C37H39Cl2N13O3S5.2O3S/c1-7-51(8-2)25-13-21(23(15-27(25)54-5)45-47-31-29-19(38)17-57-33(29)49-59-31)40-35-42-36(44-37(43-35)56-12-11-53)41-22-14-26(52(9-3)10-4)28(55-6)16-24(22)46-48-32-30-20(39)18-58-34(30)50-60-32;2*1-4(2)3/h13-18,53H,7-12H2,1-6H3,(H2,40,41,42,43,44);;. The van der Waals surface area contributed by atoms with Crippen molar-refractivity contribution in [2.75, 3.05) is 73.2 Å². The minimum atomic E-state index is -3.11. The van der Waals surface area contributed by atoms with Crippen molar-refractivity contribution >= 4 is 178 Å². The fraction of sp³-hybridized carbons (Fsp3) is 0.324. The van der Waals surface area contributed by atoms with E-state index in [0.717, 1.165) is 58.0 Å². The molecule has 0 atom stereocenters. The third kappa shape index (κ3) is 13.9. The van der Waals surface area contributed by atoms with E-state index in [4.69, 9.17) is 72.9 Å². The fourth-order valence-corrected chi connectivity index (χ4v) is 10.8. The van der Waals surface area contributed by atoms with Crippen LogP contribution in [0.5, 0.6) is 11.5 Å². The first-order chi connectivity index (χ1) is 32.7. The zero-order valence-electron chi connectivity index (χ0n) is 36.5. The Bertz CT molecular complexity index is 2930. The molecule has 3 N–H and O–H groups in total. The molecule has 0 bridgehead atoms. The number of aliphatic hydroxyl groups excluding tert-OH is 1. The lowest BCUT2D eigenvalue weighted by Gasteiger charge is -2.25. The molecule has 22 nitrogen and oxygen atoms in total. The van der Waals surface area contributed by atoms with Crippen molar-refractivity contribution in [2.45, 2.75) is 32.9 Å². The van der Waals surface area contributed by atoms with E-state index >= 15 is 0 Å². The van der Waals surface area contributed by atoms with Crippen LogP contribution >= 0.6 is 80.7 Å². The Balaban J connectivity index is 0.00000100. The minimum Gasteiger partial charge on any atom is -0.494 e. The lowest BCUT2D eigenvalue weighted by molar-refractivity contribution is 0.322. The number of aromatic nitrogens is 5. The molecule has 5 heterocycles. The first-order valence-corrected chi connectivity index (χ1v) is 26.6. The zero-order valence-corrected chi connectivity index (χ0v) is 43.7. The molecule has 5 aromatic heterocycles. The van der Waals surface area contributed by atoms with Crippen LogP contribution in [0.2, 0.25) is 10.0 Å². The van der Waals surface area contributed by atoms with Gasteiger partial charge in [-0.1, -0.05) is 35.0 Å². The van der Waals surface area contributed by atoms with E-state index in [0.29, 0.717) is 65.2 Å². The van der Waals surface area contributed by atoms with Crippen LogP contribution < -0.4 is 29.9 Å². The van der Waals surface area contributed by atoms with Crippen LogP contribution in [0.25, 0.3) is 20.4 Å². The molecular weight excluding hydrogens is 1070 g/mol. The van der Waals surface area contributed by atoms with Crippen LogP contribution in [0.4, 0.5) is 56.0 Å². The predicted octanol–water partition coefficient (Wildman–Crippen LogP) is 10.6. The largest absolute Gasteiger partial charge is 0.494 e. The molecule has 0 unspecified atom stereocenters. The number of benzene rings is 2. The number of anilines is 6. The van der Waals surface area contributed by atoms with E-state index in [1.165, 1.54) is 57.5 Å². The molecule has 0 amide bonds. The number of nitrogens with zero attached hydrogens (tertiary/aromatic N) is 11. The summed E-state index contributed by atoms with van der Waals surface area (Å²) in [5, 5.41) is 42.9. The topological polar surface area (TPSA) is 286 Å². The lowest BCUT2D eigenvalue weighted by atomic mass is 10.2. The van der Waals surface area contributed by atoms with E-state index in [9.17, 15) is 5.11 Å². The first kappa shape index (κ1) is 53.7. The van der Waals surface area contributed by atoms with Crippen LogP contribution in [0.3, 0.4) is 0 Å². The molecule has 362 valence electrons. The molecule has 31 heteroatoms. The minimum absolute atomic E-state index is 0.0770. The number of methoxy groups -OCH3 is 2. The maximum absolute atomic E-state index is 9.76. The van der Waals surface area contributed by atoms with E-state index in [2.05, 4.69) is 77.3 Å². The molecule has 0 spiro atoms. The summed E-state index contributed by atoms with van der Waals surface area (Å²) in [6.45, 7) is 11.2. The Kier molecular flexibility index (Phi) is 20.5. The number of nitrogens with one attached hydrogen (secondary N) is 2. The number of aliphatic hydroxyl groups is 1. The molecule has 0 aliphatic rings. The number of azo groups is 2. The normalized spacial score (nSPS) is 11.1. The van der Waals surface area contributed by atoms with Crippen LogP contribution in [-0.4, -0.2) is 107 Å². The molecule has 0 radical (unpaired) electrons. The fourth-order valence-electron chi connectivity index (χ4n) is 6.11. The highest BCUT2D eigenvalue weighted by Crippen LogP contribution is 2.46. The van der Waals surface area contributed by atoms with Gasteiger partial charge in [0.15, 0.2) is 15.2 Å². The van der Waals surface area contributed by atoms with Crippen molar-refractivity contribution in [1.29, 1.82) is 0 Å². The van der Waals surface area contributed by atoms with Gasteiger partial charge in [-0.2, -0.15) is 23.7 Å². The van der Waals surface area contributed by atoms with Crippen molar-refractivity contribution in [3.05, 3.63) is 45.1 Å². The molecule has 0 fully saturated rings. The average Bonchev–Trinajstić information content (AvgIpc) is 4.10. The Morgan fingerprint density at radius 1 is 0.662 bits per heavy atom. The number of thioether (sulfide) groups is 1. The molecule has 2 aromatic carbocycles. The van der Waals surface area contributed by atoms with Crippen LogP contribution in [0.15, 0.2) is 60.6 Å². The van der Waals surface area contributed by atoms with Gasteiger partial charge in [-0.15, -0.1) is 68.4 Å². The number of thiophene rings is 2. The van der Waals surface area contributed by atoms with Gasteiger partial charge in [-0.3, -0.25) is 0 Å². The van der Waals surface area contributed by atoms with Gasteiger partial charge < -0.3 is 35.0 Å². The van der Waals surface area contributed by atoms with Crippen molar-refractivity contribution < 1.29 is 39.8 Å². The molecule has 0 saturated carbocycles. The number of hydrogen-bond acceptors (Lipinski definition) is 27. The number of halogens is 2. The second-order valence-corrected chi connectivity index (χ2v) is 18.7. The molecule has 0 aliphatic heterocycles. The lowest BCUT2D eigenvalue weighted by Crippen LogP contribution is -2.22. The summed E-state index contributed by atoms with van der Waals surface area (Å²) in [6, 6.07) is 7.51. The highest BCUT2D eigenvalue weighted by atomic mass is 35.5. The molecule has 0 saturated heterocycles. The summed E-state index contributed by atoms with van der Waals surface area (Å²) in [7, 11) is -2.98. The first-order valence-electron chi connectivity index (χ1n) is 19.6. The Morgan fingerprint density at radius 3 is 1.41 bits per heavy atom. The van der Waals surface area contributed by atoms with Crippen molar-refractivity contribution in [3.63, 3.8) is 0 Å². The van der Waals surface area contributed by atoms with Crippen LogP contribution in [-0.2, 0) is 21.2 Å². The Labute approximate surface area is 422 Å². The average molecular weight is 1110 g/mol. The van der Waals surface area contributed by atoms with Crippen LogP contribution in [0.1, 0.15) is 27.7 Å². The van der Waals surface area contributed by atoms with Gasteiger partial charge in [0.05, 0.1) is 64.4 Å². The number of rotatable bonds is 19. The molecule has 7 rings (SSSR count). The smallest absolute Gasteiger partial charge is 0.425 e. The SMILES string of the molecule is CCN(CC)c1cc(Nc2nc(Nc3cc(N(CC)CC)c(OC)cc3N=Nc3snc4scc(Cl)c34)nc(SCCO)n2)c(N=Nc2snc3scc(Cl)c23)cc1OC.O=S(=O)=O.O=S(=O)=O. The highest BCUT2D eigenvalue weighted by molar-refractivity contribution is 7.99. The summed E-state index contributed by atoms with van der Waals surface area (Å²) < 4.78 is 71.4. The second-order valence-electron chi connectivity index (χ2n) is 12.8. The maximum Gasteiger partial charge on any atom is 0.425 e. The second kappa shape index (κ2) is 25.9. The van der Waals surface area contributed by atoms with Gasteiger partial charge in [0.2, 0.25) is 11.9 Å². The summed E-state index contributed by atoms with van der Waals surface area (Å²) in [6.07, 6.45) is 0. The van der Waals surface area contributed by atoms with Gasteiger partial charge in [0, 0.05) is 54.8 Å². The number of ether oxygens (including phenoxy) is 2. The molecule has 68 heavy (non-hydrogen) atoms. The summed E-state index contributed by atoms with van der Waals surface area (Å²) in [4.78, 5) is 20.2. The maximum atomic E-state index is 9.76. The molecular formula is C37H39Cl2N13O9S7. The predicted molar refractivity (Wildman–Crippen MR) is 270 cm³/mol. The summed E-state index contributed by atoms with van der Waals surface area (Å²) in [5.41, 5.74) is 3.71. The van der Waals surface area contributed by atoms with E-state index in [1.807, 2.05) is 35.0 Å². The Hall–Kier alpha value is -5.24. The number of hydrogen-bond donors (Lipinski definition) is 3. The quantitative estimate of drug-likeness (QED) is 0.0501. The highest BCUT2D eigenvalue weighted by Gasteiger charge is 2.21. The van der Waals surface area contributed by atoms with Crippen LogP contribution in [0, 0.1) is 0 Å². The zero-order chi connectivity index (χ0) is 49.5. The van der Waals surface area contributed by atoms with E-state index in [-0.39, 0.29) is 18.5 Å². The van der Waals surface area contributed by atoms with Gasteiger partial charge in [-0.25, -0.2) is 0 Å². The van der Waals surface area contributed by atoms with Gasteiger partial charge in [0.1, 0.15) is 32.5 Å². The van der Waals surface area contributed by atoms with E-state index < -0.39 is 21.2 Å². The van der Waals surface area contributed by atoms with Gasteiger partial charge in [-0.05, 0) is 62.9 Å². The Morgan fingerprint density at radius 2 is 1.06 bits per heavy atom. The molecule has 7 aromatic rings. The number of fused-ring (bicyclic) bond motifs is 2. The third-order valence-electron chi connectivity index (χ3n) is 9.04. The van der Waals surface area contributed by atoms with E-state index in [1.54, 1.807) is 14.2 Å². The van der Waals surface area contributed by atoms with Crippen molar-refractivity contribution in [3.8, 4) is 11.5 Å². The van der Waals surface area contributed by atoms with Crippen molar-refractivity contribution in [2.24, 2.45) is 20.5 Å².